The van der Waals surface area contributed by atoms with Crippen LogP contribution in [0.3, 0.4) is 0 Å². The summed E-state index contributed by atoms with van der Waals surface area (Å²) in [5.74, 6) is -1.34. The monoisotopic (exact) mass is 1290 g/mol. The molecule has 9 aromatic rings. The minimum absolute atomic E-state index is 0.0568. The SMILES string of the molecule is Cc1cc(Oc2cc3c4c(cc(Oc5cc(C)cc(C(C)C)c5)c5c6c(Oc7cc(C)cc(C(C)C)c7)cc7c8c(cc(Oc9cc(C)cc(C(C)C)c9)c(c2c45)c86)C(=O)N(CC(=O)N2CCN(CO)CC2)C7=O)C(=O)N(CC(=O)N2CCN(CO)CC2)C3=O)cc(C(C)C)c1. The first kappa shape index (κ1) is 65.2. The molecule has 13 rings (SSSR count). The maximum atomic E-state index is 15.9. The number of aliphatic hydroxyl groups is 2. The minimum Gasteiger partial charge on any atom is -0.457 e. The lowest BCUT2D eigenvalue weighted by molar-refractivity contribution is -0.134. The summed E-state index contributed by atoms with van der Waals surface area (Å²) in [6.45, 7) is 25.8. The van der Waals surface area contributed by atoms with E-state index in [4.69, 9.17) is 18.9 Å². The lowest BCUT2D eigenvalue weighted by atomic mass is 9.80. The number of carbonyl (C=O) groups excluding carboxylic acids is 6. The third kappa shape index (κ3) is 11.9. The second-order valence-corrected chi connectivity index (χ2v) is 27.7. The number of nitrogens with zero attached hydrogens (tertiary/aromatic N) is 6. The summed E-state index contributed by atoms with van der Waals surface area (Å²) in [7, 11) is 0. The lowest BCUT2D eigenvalue weighted by Crippen LogP contribution is -2.53. The third-order valence-corrected chi connectivity index (χ3v) is 19.4. The molecule has 0 aromatic heterocycles. The molecule has 9 aromatic carbocycles. The van der Waals surface area contributed by atoms with Crippen molar-refractivity contribution < 1.29 is 57.9 Å². The molecular weight excluding hydrogens is 1210 g/mol. The number of fused-ring (bicyclic) bond motifs is 2. The van der Waals surface area contributed by atoms with E-state index in [1.165, 1.54) is 0 Å². The maximum Gasteiger partial charge on any atom is 0.262 e. The number of carbonyl (C=O) groups is 6. The normalized spacial score (nSPS) is 15.6. The predicted molar refractivity (Wildman–Crippen MR) is 370 cm³/mol. The molecule has 2 fully saturated rings. The van der Waals surface area contributed by atoms with Crippen LogP contribution in [0.2, 0.25) is 0 Å². The summed E-state index contributed by atoms with van der Waals surface area (Å²) in [5.41, 5.74) is 7.72. The van der Waals surface area contributed by atoms with E-state index in [1.54, 1.807) is 34.1 Å². The first-order valence-electron chi connectivity index (χ1n) is 33.3. The fourth-order valence-electron chi connectivity index (χ4n) is 14.1. The summed E-state index contributed by atoms with van der Waals surface area (Å²) in [6, 6.07) is 30.3. The van der Waals surface area contributed by atoms with Crippen molar-refractivity contribution in [1.29, 1.82) is 0 Å². The highest BCUT2D eigenvalue weighted by atomic mass is 16.5. The molecule has 0 bridgehead atoms. The zero-order valence-electron chi connectivity index (χ0n) is 56.7. The molecule has 18 heteroatoms. The van der Waals surface area contributed by atoms with Gasteiger partial charge in [-0.3, -0.25) is 48.4 Å². The average molecular weight is 1300 g/mol. The topological polar surface area (TPSA) is 199 Å². The Morgan fingerprint density at radius 2 is 0.583 bits per heavy atom. The van der Waals surface area contributed by atoms with E-state index in [-0.39, 0.29) is 119 Å². The van der Waals surface area contributed by atoms with Gasteiger partial charge < -0.3 is 39.0 Å². The number of piperazine rings is 2. The number of imide groups is 2. The van der Waals surface area contributed by atoms with E-state index in [9.17, 15) is 19.8 Å². The fraction of sp³-hybridized carbons (Fsp3) is 0.359. The summed E-state index contributed by atoms with van der Waals surface area (Å²) in [6.07, 6.45) is 0. The molecule has 2 saturated heterocycles. The molecule has 2 N–H and O–H groups in total. The lowest BCUT2D eigenvalue weighted by Gasteiger charge is -2.36. The Bertz CT molecular complexity index is 4170. The molecule has 18 nitrogen and oxygen atoms in total. The van der Waals surface area contributed by atoms with Crippen molar-refractivity contribution >= 4 is 78.5 Å². The van der Waals surface area contributed by atoms with Crippen LogP contribution in [0.15, 0.2) is 97.1 Å². The minimum atomic E-state index is -0.745. The van der Waals surface area contributed by atoms with Crippen molar-refractivity contribution in [2.24, 2.45) is 0 Å². The molecule has 0 unspecified atom stereocenters. The van der Waals surface area contributed by atoms with Gasteiger partial charge in [-0.25, -0.2) is 0 Å². The Balaban J connectivity index is 1.20. The molecule has 96 heavy (non-hydrogen) atoms. The van der Waals surface area contributed by atoms with Gasteiger partial charge in [0.05, 0.1) is 35.7 Å². The van der Waals surface area contributed by atoms with Crippen LogP contribution in [-0.2, 0) is 9.59 Å². The number of amides is 6. The van der Waals surface area contributed by atoms with E-state index in [0.717, 1.165) is 54.3 Å². The van der Waals surface area contributed by atoms with Gasteiger partial charge in [0, 0.05) is 95.4 Å². The van der Waals surface area contributed by atoms with Gasteiger partial charge >= 0.3 is 0 Å². The van der Waals surface area contributed by atoms with Gasteiger partial charge in [-0.15, -0.1) is 0 Å². The number of benzene rings is 9. The Kier molecular flexibility index (Phi) is 17.4. The van der Waals surface area contributed by atoms with Crippen LogP contribution < -0.4 is 18.9 Å². The van der Waals surface area contributed by atoms with Crippen LogP contribution in [0, 0.1) is 27.7 Å². The van der Waals surface area contributed by atoms with Crippen LogP contribution >= 0.6 is 0 Å². The standard InChI is InChI=1S/C78H82N6O12/c1-41(2)49-21-45(9)25-53(29-49)93-61-33-57-67-58(76(90)83(75(57)89)37-65(87)81-17-13-79(39-85)14-18-81)35-63(95-55-27-47(11)23-51(31-55)43(5)6)71-72-64(96-56-28-48(12)24-52(32-56)44(7)8)36-60-68-59(77(91)84(78(60)92)38-66(88)82-19-15-80(40-86)16-20-82)34-62(70(74(68)72)69(61)73(67)71)94-54-26-46(10)22-50(30-54)42(3)4/h21-36,41-44,85-86H,13-20,37-40H2,1-12H3. The molecular formula is C78H82N6O12. The average Bonchev–Trinajstić information content (AvgIpc) is 0.671. The molecule has 0 aliphatic carbocycles. The highest BCUT2D eigenvalue weighted by Crippen LogP contribution is 2.58. The fourth-order valence-corrected chi connectivity index (χ4v) is 14.1. The zero-order valence-corrected chi connectivity index (χ0v) is 56.7. The van der Waals surface area contributed by atoms with Gasteiger partial charge in [-0.2, -0.15) is 0 Å². The van der Waals surface area contributed by atoms with Crippen LogP contribution in [0.1, 0.15) is 165 Å². The van der Waals surface area contributed by atoms with Crippen molar-refractivity contribution in [3.63, 3.8) is 0 Å². The van der Waals surface area contributed by atoms with Crippen molar-refractivity contribution in [1.82, 2.24) is 29.4 Å². The zero-order chi connectivity index (χ0) is 68.0. The highest BCUT2D eigenvalue weighted by molar-refractivity contribution is 6.45. The quantitative estimate of drug-likeness (QED) is 0.0467. The number of hydrogen-bond donors (Lipinski definition) is 2. The van der Waals surface area contributed by atoms with Gasteiger partial charge in [-0.05, 0) is 169 Å². The van der Waals surface area contributed by atoms with Gasteiger partial charge in [0.1, 0.15) is 59.1 Å². The first-order chi connectivity index (χ1) is 45.9. The van der Waals surface area contributed by atoms with Crippen molar-refractivity contribution in [3.05, 3.63) is 164 Å². The van der Waals surface area contributed by atoms with Gasteiger partial charge in [0.15, 0.2) is 0 Å². The molecule has 0 saturated carbocycles. The van der Waals surface area contributed by atoms with Crippen molar-refractivity contribution in [2.75, 3.05) is 78.9 Å². The van der Waals surface area contributed by atoms with E-state index in [2.05, 4.69) is 79.7 Å². The van der Waals surface area contributed by atoms with Crippen molar-refractivity contribution in [2.45, 2.75) is 107 Å². The number of aryl methyl sites for hydroxylation is 4. The smallest absolute Gasteiger partial charge is 0.262 e. The predicted octanol–water partition coefficient (Wildman–Crippen LogP) is 14.0. The first-order valence-corrected chi connectivity index (χ1v) is 33.3. The largest absolute Gasteiger partial charge is 0.457 e. The van der Waals surface area contributed by atoms with Crippen LogP contribution in [0.25, 0.3) is 43.1 Å². The molecule has 4 aliphatic heterocycles. The van der Waals surface area contributed by atoms with Crippen LogP contribution in [0.4, 0.5) is 0 Å². The number of hydrogen-bond acceptors (Lipinski definition) is 14. The second-order valence-electron chi connectivity index (χ2n) is 27.7. The summed E-state index contributed by atoms with van der Waals surface area (Å²) in [4.78, 5) is 102. The second kappa shape index (κ2) is 25.6. The molecule has 0 atom stereocenters. The van der Waals surface area contributed by atoms with E-state index >= 15 is 19.2 Å². The van der Waals surface area contributed by atoms with E-state index < -0.39 is 48.5 Å². The van der Waals surface area contributed by atoms with Crippen molar-refractivity contribution in [3.8, 4) is 46.0 Å². The molecule has 4 aliphatic rings. The summed E-state index contributed by atoms with van der Waals surface area (Å²) >= 11 is 0. The summed E-state index contributed by atoms with van der Waals surface area (Å²) < 4.78 is 29.5. The Morgan fingerprint density at radius 1 is 0.344 bits per heavy atom. The molecule has 6 amide bonds. The van der Waals surface area contributed by atoms with E-state index in [0.29, 0.717) is 81.5 Å². The Morgan fingerprint density at radius 3 is 0.802 bits per heavy atom. The maximum absolute atomic E-state index is 15.9. The third-order valence-electron chi connectivity index (χ3n) is 19.4. The number of aliphatic hydroxyl groups excluding tert-OH is 2. The molecule has 0 spiro atoms. The molecule has 0 radical (unpaired) electrons. The van der Waals surface area contributed by atoms with Crippen LogP contribution in [-0.4, -0.2) is 154 Å². The number of ether oxygens (including phenoxy) is 4. The highest BCUT2D eigenvalue weighted by Gasteiger charge is 2.43. The molecule has 4 heterocycles. The van der Waals surface area contributed by atoms with Gasteiger partial charge in [0.2, 0.25) is 11.8 Å². The van der Waals surface area contributed by atoms with Gasteiger partial charge in [-0.1, -0.05) is 79.7 Å². The van der Waals surface area contributed by atoms with Crippen LogP contribution in [0.5, 0.6) is 46.0 Å². The number of rotatable bonds is 18. The molecule has 496 valence electrons. The Labute approximate surface area is 558 Å². The Hall–Kier alpha value is -9.46. The van der Waals surface area contributed by atoms with Gasteiger partial charge in [0.25, 0.3) is 23.6 Å². The van der Waals surface area contributed by atoms with E-state index in [1.807, 2.05) is 86.0 Å². The summed E-state index contributed by atoms with van der Waals surface area (Å²) in [5, 5.41) is 22.4.